The third kappa shape index (κ3) is 6.32. The lowest BCUT2D eigenvalue weighted by Gasteiger charge is -2.42. The maximum absolute atomic E-state index is 13.3. The van der Waals surface area contributed by atoms with Crippen LogP contribution in [0.25, 0.3) is 0 Å². The third-order valence-corrected chi connectivity index (χ3v) is 7.27. The minimum Gasteiger partial charge on any atom is -0.490 e. The molecule has 192 valence electrons. The van der Waals surface area contributed by atoms with Gasteiger partial charge in [-0.15, -0.1) is 0 Å². The summed E-state index contributed by atoms with van der Waals surface area (Å²) >= 11 is 0. The summed E-state index contributed by atoms with van der Waals surface area (Å²) < 4.78 is 12.3. The topological polar surface area (TPSA) is 100 Å². The van der Waals surface area contributed by atoms with Crippen LogP contribution in [0.15, 0.2) is 18.2 Å². The zero-order valence-electron chi connectivity index (χ0n) is 21.0. The van der Waals surface area contributed by atoms with Crippen molar-refractivity contribution in [1.82, 2.24) is 15.1 Å². The standard InChI is InChI=1S/C26H38N4O5/c1-29(2)13-5-12-27-24(31)15-19-9-10-21-23(35-19)16-34-22-11-8-18(14-20(22)26(33)30(21)3)28-25(32)17-6-4-7-17/h8,11,14,17,19,21,23H,4-7,9-10,12-13,15-16H2,1-3H3,(H,27,31)(H,28,32)/t19-,21+,23-/m1/s1. The summed E-state index contributed by atoms with van der Waals surface area (Å²) in [5.41, 5.74) is 1.05. The van der Waals surface area contributed by atoms with E-state index < -0.39 is 0 Å². The number of carbonyl (C=O) groups excluding carboxylic acids is 3. The van der Waals surface area contributed by atoms with E-state index in [1.807, 2.05) is 14.1 Å². The highest BCUT2D eigenvalue weighted by atomic mass is 16.5. The summed E-state index contributed by atoms with van der Waals surface area (Å²) in [4.78, 5) is 41.9. The molecule has 35 heavy (non-hydrogen) atoms. The highest BCUT2D eigenvalue weighted by Gasteiger charge is 2.39. The molecule has 3 amide bonds. The van der Waals surface area contributed by atoms with Crippen molar-refractivity contribution in [2.24, 2.45) is 5.92 Å². The van der Waals surface area contributed by atoms with Crippen LogP contribution >= 0.6 is 0 Å². The highest BCUT2D eigenvalue weighted by molar-refractivity contribution is 6.00. The summed E-state index contributed by atoms with van der Waals surface area (Å²) in [6, 6.07) is 5.08. The molecule has 9 nitrogen and oxygen atoms in total. The molecule has 0 aromatic heterocycles. The fourth-order valence-corrected chi connectivity index (χ4v) is 4.92. The van der Waals surface area contributed by atoms with Gasteiger partial charge in [0, 0.05) is 25.2 Å². The Bertz CT molecular complexity index is 932. The van der Waals surface area contributed by atoms with Gasteiger partial charge in [0.2, 0.25) is 11.8 Å². The van der Waals surface area contributed by atoms with Gasteiger partial charge in [-0.25, -0.2) is 0 Å². The lowest BCUT2D eigenvalue weighted by molar-refractivity contribution is -0.134. The first kappa shape index (κ1) is 25.4. The molecule has 0 unspecified atom stereocenters. The minimum atomic E-state index is -0.310. The monoisotopic (exact) mass is 486 g/mol. The van der Waals surface area contributed by atoms with Crippen LogP contribution in [-0.4, -0.2) is 86.6 Å². The van der Waals surface area contributed by atoms with Crippen LogP contribution < -0.4 is 15.4 Å². The van der Waals surface area contributed by atoms with Crippen LogP contribution in [0.4, 0.5) is 5.69 Å². The van der Waals surface area contributed by atoms with Crippen LogP contribution in [0.5, 0.6) is 5.75 Å². The fourth-order valence-electron chi connectivity index (χ4n) is 4.92. The molecule has 3 atom stereocenters. The van der Waals surface area contributed by atoms with Gasteiger partial charge in [-0.05, 0) is 70.9 Å². The predicted octanol–water partition coefficient (Wildman–Crippen LogP) is 2.26. The Morgan fingerprint density at radius 1 is 1.17 bits per heavy atom. The van der Waals surface area contributed by atoms with Crippen LogP contribution in [0.3, 0.4) is 0 Å². The Morgan fingerprint density at radius 3 is 2.69 bits per heavy atom. The summed E-state index contributed by atoms with van der Waals surface area (Å²) in [6.07, 6.45) is 5.08. The van der Waals surface area contributed by atoms with Crippen molar-refractivity contribution in [3.05, 3.63) is 23.8 Å². The van der Waals surface area contributed by atoms with E-state index in [2.05, 4.69) is 15.5 Å². The summed E-state index contributed by atoms with van der Waals surface area (Å²) in [7, 11) is 5.81. The van der Waals surface area contributed by atoms with E-state index in [4.69, 9.17) is 9.47 Å². The number of benzene rings is 1. The number of ether oxygens (including phenoxy) is 2. The van der Waals surface area contributed by atoms with Crippen molar-refractivity contribution in [1.29, 1.82) is 0 Å². The number of nitrogens with zero attached hydrogens (tertiary/aromatic N) is 2. The molecule has 9 heteroatoms. The predicted molar refractivity (Wildman–Crippen MR) is 132 cm³/mol. The van der Waals surface area contributed by atoms with E-state index >= 15 is 0 Å². The second-order valence-electron chi connectivity index (χ2n) is 10.2. The smallest absolute Gasteiger partial charge is 0.257 e. The molecule has 1 aliphatic carbocycles. The van der Waals surface area contributed by atoms with Gasteiger partial charge >= 0.3 is 0 Å². The van der Waals surface area contributed by atoms with E-state index in [9.17, 15) is 14.4 Å². The van der Waals surface area contributed by atoms with Crippen molar-refractivity contribution in [3.8, 4) is 5.75 Å². The number of amides is 3. The number of anilines is 1. The number of hydrogen-bond donors (Lipinski definition) is 2. The molecule has 0 spiro atoms. The zero-order chi connectivity index (χ0) is 24.9. The minimum absolute atomic E-state index is 0.00905. The molecule has 2 aliphatic heterocycles. The van der Waals surface area contributed by atoms with Crippen molar-refractivity contribution < 1.29 is 23.9 Å². The van der Waals surface area contributed by atoms with Gasteiger partial charge in [0.05, 0.1) is 24.1 Å². The molecule has 0 bridgehead atoms. The molecule has 2 N–H and O–H groups in total. The molecular weight excluding hydrogens is 448 g/mol. The summed E-state index contributed by atoms with van der Waals surface area (Å²) in [5, 5.41) is 5.91. The van der Waals surface area contributed by atoms with Crippen molar-refractivity contribution in [2.45, 2.75) is 63.2 Å². The van der Waals surface area contributed by atoms with Gasteiger partial charge < -0.3 is 29.9 Å². The molecule has 1 aromatic carbocycles. The molecule has 0 radical (unpaired) electrons. The first-order chi connectivity index (χ1) is 16.8. The second-order valence-corrected chi connectivity index (χ2v) is 10.2. The average molecular weight is 487 g/mol. The van der Waals surface area contributed by atoms with Gasteiger partial charge in [-0.1, -0.05) is 6.42 Å². The third-order valence-electron chi connectivity index (χ3n) is 7.27. The van der Waals surface area contributed by atoms with Gasteiger partial charge in [0.25, 0.3) is 5.91 Å². The first-order valence-electron chi connectivity index (χ1n) is 12.7. The quantitative estimate of drug-likeness (QED) is 0.547. The molecular formula is C26H38N4O5. The lowest BCUT2D eigenvalue weighted by atomic mass is 9.85. The van der Waals surface area contributed by atoms with Gasteiger partial charge in [0.15, 0.2) is 0 Å². The largest absolute Gasteiger partial charge is 0.490 e. The van der Waals surface area contributed by atoms with Gasteiger partial charge in [0.1, 0.15) is 18.5 Å². The molecule has 1 aromatic rings. The van der Waals surface area contributed by atoms with E-state index in [-0.39, 0.29) is 41.9 Å². The van der Waals surface area contributed by atoms with Crippen LogP contribution in [0.2, 0.25) is 0 Å². The Labute approximate surface area is 207 Å². The molecule has 1 saturated carbocycles. The number of hydrogen-bond acceptors (Lipinski definition) is 6. The first-order valence-corrected chi connectivity index (χ1v) is 12.7. The normalized spacial score (nSPS) is 24.4. The Morgan fingerprint density at radius 2 is 1.97 bits per heavy atom. The average Bonchev–Trinajstić information content (AvgIpc) is 2.78. The van der Waals surface area contributed by atoms with Crippen LogP contribution in [-0.2, 0) is 14.3 Å². The summed E-state index contributed by atoms with van der Waals surface area (Å²) in [5.74, 6) is 0.392. The molecule has 1 saturated heterocycles. The number of carbonyl (C=O) groups is 3. The molecule has 2 heterocycles. The molecule has 3 aliphatic rings. The zero-order valence-corrected chi connectivity index (χ0v) is 21.0. The van der Waals surface area contributed by atoms with Crippen molar-refractivity contribution in [2.75, 3.05) is 46.2 Å². The van der Waals surface area contributed by atoms with Crippen molar-refractivity contribution >= 4 is 23.4 Å². The fraction of sp³-hybridized carbons (Fsp3) is 0.654. The Kier molecular flexibility index (Phi) is 8.28. The van der Waals surface area contributed by atoms with E-state index in [0.29, 0.717) is 43.0 Å². The number of fused-ring (bicyclic) bond motifs is 2. The molecule has 4 rings (SSSR count). The lowest BCUT2D eigenvalue weighted by Crippen LogP contribution is -2.54. The molecule has 2 fully saturated rings. The van der Waals surface area contributed by atoms with Crippen LogP contribution in [0.1, 0.15) is 55.3 Å². The second kappa shape index (κ2) is 11.4. The van der Waals surface area contributed by atoms with Crippen molar-refractivity contribution in [3.63, 3.8) is 0 Å². The van der Waals surface area contributed by atoms with Crippen LogP contribution in [0, 0.1) is 5.92 Å². The number of likely N-dealkylation sites (N-methyl/N-ethyl adjacent to an activating group) is 1. The highest BCUT2D eigenvalue weighted by Crippen LogP contribution is 2.33. The maximum Gasteiger partial charge on any atom is 0.257 e. The number of rotatable bonds is 8. The Hall–Kier alpha value is -2.65. The van der Waals surface area contributed by atoms with E-state index in [1.54, 1.807) is 30.1 Å². The number of nitrogens with one attached hydrogen (secondary N) is 2. The van der Waals surface area contributed by atoms with E-state index in [0.717, 1.165) is 38.6 Å². The van der Waals surface area contributed by atoms with Gasteiger partial charge in [-0.3, -0.25) is 14.4 Å². The van der Waals surface area contributed by atoms with E-state index in [1.165, 1.54) is 0 Å². The SMILES string of the molecule is CN(C)CCCNC(=O)C[C@H]1CC[C@H]2[C@@H](COc3ccc(NC(=O)C4CCC4)cc3C(=O)N2C)O1. The van der Waals surface area contributed by atoms with Gasteiger partial charge in [-0.2, -0.15) is 0 Å². The Balaban J connectivity index is 1.36. The summed E-state index contributed by atoms with van der Waals surface area (Å²) in [6.45, 7) is 1.87. The maximum atomic E-state index is 13.3.